The fraction of sp³-hybridized carbons (Fsp3) is 0. The lowest BCUT2D eigenvalue weighted by Crippen LogP contribution is -1.97. The van der Waals surface area contributed by atoms with Gasteiger partial charge in [0.05, 0.1) is 22.1 Å². The Kier molecular flexibility index (Phi) is 4.82. The normalized spacial score (nSPS) is 11.6. The molecule has 8 rings (SSSR count). The van der Waals surface area contributed by atoms with Gasteiger partial charge in [0.2, 0.25) is 0 Å². The summed E-state index contributed by atoms with van der Waals surface area (Å²) < 4.78 is 2.25. The van der Waals surface area contributed by atoms with Crippen LogP contribution in [0.2, 0.25) is 0 Å². The summed E-state index contributed by atoms with van der Waals surface area (Å²) >= 11 is 0. The Bertz CT molecular complexity index is 2170. The molecule has 0 atom stereocenters. The van der Waals surface area contributed by atoms with Crippen LogP contribution in [0.25, 0.3) is 71.8 Å². The lowest BCUT2D eigenvalue weighted by atomic mass is 9.93. The molecule has 6 aromatic carbocycles. The summed E-state index contributed by atoms with van der Waals surface area (Å²) in [5.41, 5.74) is 8.57. The van der Waals surface area contributed by atoms with Crippen molar-refractivity contribution in [2.45, 2.75) is 0 Å². The van der Waals surface area contributed by atoms with Crippen molar-refractivity contribution in [1.29, 1.82) is 0 Å². The van der Waals surface area contributed by atoms with Crippen molar-refractivity contribution < 1.29 is 0 Å². The number of pyridine rings is 1. The van der Waals surface area contributed by atoms with Gasteiger partial charge in [0, 0.05) is 22.0 Å². The number of aromatic nitrogens is 3. The van der Waals surface area contributed by atoms with Gasteiger partial charge >= 0.3 is 0 Å². The smallest absolute Gasteiger partial charge is 0.145 e. The summed E-state index contributed by atoms with van der Waals surface area (Å²) in [4.78, 5) is 10.2. The molecule has 0 aliphatic rings. The largest absolute Gasteiger partial charge is 0.292 e. The topological polar surface area (TPSA) is 30.7 Å². The number of hydrogen-bond donors (Lipinski definition) is 0. The lowest BCUT2D eigenvalue weighted by Gasteiger charge is -2.13. The van der Waals surface area contributed by atoms with Crippen LogP contribution in [0.4, 0.5) is 0 Å². The zero-order valence-corrected chi connectivity index (χ0v) is 21.1. The summed E-state index contributed by atoms with van der Waals surface area (Å²) in [5.74, 6) is 0.929. The molecule has 8 aromatic rings. The van der Waals surface area contributed by atoms with Crippen LogP contribution in [0.15, 0.2) is 140 Å². The molecule has 0 aliphatic carbocycles. The van der Waals surface area contributed by atoms with Crippen molar-refractivity contribution in [3.8, 4) is 28.2 Å². The van der Waals surface area contributed by atoms with Gasteiger partial charge < -0.3 is 0 Å². The quantitative estimate of drug-likeness (QED) is 0.180. The van der Waals surface area contributed by atoms with E-state index in [9.17, 15) is 0 Å². The fourth-order valence-corrected chi connectivity index (χ4v) is 5.75. The summed E-state index contributed by atoms with van der Waals surface area (Å²) in [6, 6.07) is 49.0. The molecule has 2 heterocycles. The SMILES string of the molecule is c1ccc(-n2c(-c3cccc(-c4cc5nc6ccccc6cc5c5ccccc45)c3)nc3ccccc32)cc1. The van der Waals surface area contributed by atoms with Crippen LogP contribution in [0, 0.1) is 0 Å². The summed E-state index contributed by atoms with van der Waals surface area (Å²) in [7, 11) is 0. The van der Waals surface area contributed by atoms with E-state index in [1.807, 2.05) is 18.2 Å². The molecule has 0 radical (unpaired) electrons. The second kappa shape index (κ2) is 8.64. The van der Waals surface area contributed by atoms with Crippen molar-refractivity contribution in [1.82, 2.24) is 14.5 Å². The minimum Gasteiger partial charge on any atom is -0.292 e. The van der Waals surface area contributed by atoms with Crippen molar-refractivity contribution >= 4 is 43.6 Å². The minimum atomic E-state index is 0.929. The number of nitrogens with zero attached hydrogens (tertiary/aromatic N) is 3. The first-order chi connectivity index (χ1) is 19.3. The maximum atomic E-state index is 5.09. The highest BCUT2D eigenvalue weighted by Crippen LogP contribution is 2.37. The number of hydrogen-bond acceptors (Lipinski definition) is 2. The van der Waals surface area contributed by atoms with Crippen LogP contribution >= 0.6 is 0 Å². The molecular formula is C36H23N3. The van der Waals surface area contributed by atoms with E-state index in [4.69, 9.17) is 9.97 Å². The van der Waals surface area contributed by atoms with Gasteiger partial charge in [0.1, 0.15) is 5.82 Å². The zero-order valence-electron chi connectivity index (χ0n) is 21.1. The molecule has 0 bridgehead atoms. The molecule has 0 amide bonds. The van der Waals surface area contributed by atoms with Crippen LogP contribution < -0.4 is 0 Å². The van der Waals surface area contributed by atoms with E-state index in [0.29, 0.717) is 0 Å². The molecule has 0 unspecified atom stereocenters. The molecule has 0 fully saturated rings. The third-order valence-electron chi connectivity index (χ3n) is 7.55. The van der Waals surface area contributed by atoms with Crippen molar-refractivity contribution in [2.75, 3.05) is 0 Å². The predicted molar refractivity (Wildman–Crippen MR) is 162 cm³/mol. The van der Waals surface area contributed by atoms with Crippen LogP contribution in [-0.4, -0.2) is 14.5 Å². The van der Waals surface area contributed by atoms with Crippen LogP contribution in [0.1, 0.15) is 0 Å². The molecule has 0 N–H and O–H groups in total. The first-order valence-electron chi connectivity index (χ1n) is 13.2. The van der Waals surface area contributed by atoms with E-state index in [-0.39, 0.29) is 0 Å². The first-order valence-corrected chi connectivity index (χ1v) is 13.2. The van der Waals surface area contributed by atoms with E-state index < -0.39 is 0 Å². The molecule has 182 valence electrons. The summed E-state index contributed by atoms with van der Waals surface area (Å²) in [6.45, 7) is 0. The third-order valence-corrected chi connectivity index (χ3v) is 7.55. The molecule has 3 heteroatoms. The Balaban J connectivity index is 1.38. The molecule has 0 aliphatic heterocycles. The molecule has 39 heavy (non-hydrogen) atoms. The van der Waals surface area contributed by atoms with Crippen LogP contribution in [0.3, 0.4) is 0 Å². The Morgan fingerprint density at radius 3 is 2.05 bits per heavy atom. The lowest BCUT2D eigenvalue weighted by molar-refractivity contribution is 1.10. The van der Waals surface area contributed by atoms with Crippen molar-refractivity contribution in [3.05, 3.63) is 140 Å². The second-order valence-corrected chi connectivity index (χ2v) is 9.89. The number of fused-ring (bicyclic) bond motifs is 5. The number of rotatable bonds is 3. The van der Waals surface area contributed by atoms with E-state index in [1.165, 1.54) is 21.7 Å². The monoisotopic (exact) mass is 497 g/mol. The molecule has 0 spiro atoms. The van der Waals surface area contributed by atoms with Gasteiger partial charge in [0.15, 0.2) is 0 Å². The average molecular weight is 498 g/mol. The van der Waals surface area contributed by atoms with Crippen molar-refractivity contribution in [2.24, 2.45) is 0 Å². The van der Waals surface area contributed by atoms with Gasteiger partial charge in [-0.25, -0.2) is 9.97 Å². The Labute approximate surface area is 225 Å². The number of para-hydroxylation sites is 4. The van der Waals surface area contributed by atoms with Crippen LogP contribution in [0.5, 0.6) is 0 Å². The Morgan fingerprint density at radius 2 is 1.15 bits per heavy atom. The van der Waals surface area contributed by atoms with Gasteiger partial charge in [-0.3, -0.25) is 4.57 Å². The molecule has 3 nitrogen and oxygen atoms in total. The van der Waals surface area contributed by atoms with Crippen LogP contribution in [-0.2, 0) is 0 Å². The summed E-state index contributed by atoms with van der Waals surface area (Å²) in [5, 5.41) is 4.76. The maximum Gasteiger partial charge on any atom is 0.145 e. The third kappa shape index (κ3) is 3.52. The summed E-state index contributed by atoms with van der Waals surface area (Å²) in [6.07, 6.45) is 0. The number of benzene rings is 6. The maximum absolute atomic E-state index is 5.09. The van der Waals surface area contributed by atoms with E-state index in [2.05, 4.69) is 126 Å². The van der Waals surface area contributed by atoms with Gasteiger partial charge in [0.25, 0.3) is 0 Å². The van der Waals surface area contributed by atoms with Gasteiger partial charge in [-0.2, -0.15) is 0 Å². The minimum absolute atomic E-state index is 0.929. The average Bonchev–Trinajstić information content (AvgIpc) is 3.40. The highest BCUT2D eigenvalue weighted by molar-refractivity contribution is 6.15. The highest BCUT2D eigenvalue weighted by Gasteiger charge is 2.16. The van der Waals surface area contributed by atoms with Gasteiger partial charge in [-0.15, -0.1) is 0 Å². The van der Waals surface area contributed by atoms with Gasteiger partial charge in [-0.05, 0) is 70.4 Å². The molecule has 2 aromatic heterocycles. The van der Waals surface area contributed by atoms with E-state index in [1.54, 1.807) is 0 Å². The van der Waals surface area contributed by atoms with E-state index in [0.717, 1.165) is 50.1 Å². The highest BCUT2D eigenvalue weighted by atomic mass is 15.1. The zero-order chi connectivity index (χ0) is 25.8. The van der Waals surface area contributed by atoms with E-state index >= 15 is 0 Å². The molecule has 0 saturated carbocycles. The first kappa shape index (κ1) is 21.8. The number of imidazole rings is 1. The standard InChI is InChI=1S/C36H23N3/c1-2-14-27(15-3-1)39-35-20-9-8-19-33(35)38-36(39)26-13-10-12-24(21-26)30-23-34-31(29-17-6-5-16-28(29)30)22-25-11-4-7-18-32(25)37-34/h1-23H. The Hall–Kier alpha value is -5.28. The fourth-order valence-electron chi connectivity index (χ4n) is 5.75. The molecular weight excluding hydrogens is 474 g/mol. The second-order valence-electron chi connectivity index (χ2n) is 9.89. The molecule has 0 saturated heterocycles. The van der Waals surface area contributed by atoms with Gasteiger partial charge in [-0.1, -0.05) is 91.0 Å². The van der Waals surface area contributed by atoms with Crippen molar-refractivity contribution in [3.63, 3.8) is 0 Å². The Morgan fingerprint density at radius 1 is 0.436 bits per heavy atom. The predicted octanol–water partition coefficient (Wildman–Crippen LogP) is 9.21.